The summed E-state index contributed by atoms with van der Waals surface area (Å²) in [5.74, 6) is -5.09. The van der Waals surface area contributed by atoms with E-state index in [4.69, 9.17) is 53.3 Å². The summed E-state index contributed by atoms with van der Waals surface area (Å²) >= 11 is 0. The maximum atomic E-state index is 14.3. The number of carbonyl (C=O) groups excluding carboxylic acids is 9. The number of amides is 10. The summed E-state index contributed by atoms with van der Waals surface area (Å²) in [5, 5.41) is 21.5. The number of nitrogens with two attached hydrogens (primary N) is 6. The Hall–Kier alpha value is -9.05. The Labute approximate surface area is 481 Å². The fourth-order valence-corrected chi connectivity index (χ4v) is 8.45. The van der Waals surface area contributed by atoms with E-state index in [-0.39, 0.29) is 100 Å². The zero-order valence-electron chi connectivity index (χ0n) is 47.1. The van der Waals surface area contributed by atoms with Crippen molar-refractivity contribution in [3.63, 3.8) is 0 Å². The van der Waals surface area contributed by atoms with Gasteiger partial charge < -0.3 is 95.9 Å². The Morgan fingerprint density at radius 2 is 0.711 bits per heavy atom. The van der Waals surface area contributed by atoms with Crippen LogP contribution in [0.3, 0.4) is 0 Å². The molecule has 27 nitrogen and oxygen atoms in total. The van der Waals surface area contributed by atoms with Crippen LogP contribution >= 0.6 is 0 Å². The number of ether oxygens (including phenoxy) is 4. The van der Waals surface area contributed by atoms with Crippen LogP contribution in [-0.4, -0.2) is 132 Å². The van der Waals surface area contributed by atoms with Crippen molar-refractivity contribution in [3.8, 4) is 23.0 Å². The molecule has 4 atom stereocenters. The molecule has 20 N–H and O–H groups in total. The van der Waals surface area contributed by atoms with Crippen LogP contribution in [-0.2, 0) is 19.2 Å². The van der Waals surface area contributed by atoms with Gasteiger partial charge in [-0.1, -0.05) is 6.42 Å². The zero-order valence-corrected chi connectivity index (χ0v) is 47.1. The van der Waals surface area contributed by atoms with Gasteiger partial charge in [-0.05, 0) is 157 Å². The number of nitrogens with one attached hydrogen (secondary N) is 8. The number of rotatable bonds is 35. The highest BCUT2D eigenvalue weighted by Crippen LogP contribution is 2.28. The minimum atomic E-state index is -1.31. The summed E-state index contributed by atoms with van der Waals surface area (Å²) < 4.78 is 21.7. The number of anilines is 4. The molecule has 0 aliphatic rings. The third kappa shape index (κ3) is 20.8. The summed E-state index contributed by atoms with van der Waals surface area (Å²) in [6.07, 6.45) is 4.11. The van der Waals surface area contributed by atoms with Crippen LogP contribution in [0.5, 0.6) is 23.0 Å². The molecule has 0 aromatic heterocycles. The number of carbonyl (C=O) groups is 9. The molecular formula is C56H78N14O13. The van der Waals surface area contributed by atoms with Crippen LogP contribution in [0.15, 0.2) is 72.8 Å². The van der Waals surface area contributed by atoms with Gasteiger partial charge >= 0.3 is 6.03 Å². The molecule has 0 aliphatic heterocycles. The SMILES string of the molecule is COc1ccc(NC(=O)[C@H](CCCCN)NC(=O)c2cc(NC(=O)[C@H](CCCNC(N)=O)NC(=O)c3cc(NC(=O)[C@H](CCCCN)NC(=O)c4cc(NC(=O)[C@@H](N)CCCCN)ccc4OC)ccc3OC)ccc2OC)cc1C(N)=O. The first-order valence-electron chi connectivity index (χ1n) is 26.9. The Morgan fingerprint density at radius 1 is 0.410 bits per heavy atom. The van der Waals surface area contributed by atoms with E-state index in [9.17, 15) is 43.2 Å². The molecule has 0 heterocycles. The van der Waals surface area contributed by atoms with Crippen molar-refractivity contribution in [2.75, 3.05) is 75.9 Å². The fourth-order valence-electron chi connectivity index (χ4n) is 8.45. The number of benzene rings is 4. The van der Waals surface area contributed by atoms with E-state index in [2.05, 4.69) is 42.5 Å². The molecule has 4 rings (SSSR count). The predicted octanol–water partition coefficient (Wildman–Crippen LogP) is 2.13. The van der Waals surface area contributed by atoms with E-state index >= 15 is 0 Å². The largest absolute Gasteiger partial charge is 0.496 e. The summed E-state index contributed by atoms with van der Waals surface area (Å²) in [6.45, 7) is 1.13. The molecule has 83 heavy (non-hydrogen) atoms. The lowest BCUT2D eigenvalue weighted by Crippen LogP contribution is -2.45. The fraction of sp³-hybridized carbons (Fsp3) is 0.411. The summed E-state index contributed by atoms with van der Waals surface area (Å²) in [7, 11) is 5.36. The maximum absolute atomic E-state index is 14.3. The van der Waals surface area contributed by atoms with Gasteiger partial charge in [0.1, 0.15) is 41.1 Å². The number of urea groups is 1. The molecule has 0 fully saturated rings. The van der Waals surface area contributed by atoms with Gasteiger partial charge in [-0.2, -0.15) is 0 Å². The summed E-state index contributed by atoms with van der Waals surface area (Å²) in [5.41, 5.74) is 34.4. The number of methoxy groups -OCH3 is 4. The Bertz CT molecular complexity index is 2910. The Kier molecular flexibility index (Phi) is 27.5. The first-order valence-corrected chi connectivity index (χ1v) is 26.9. The Balaban J connectivity index is 1.58. The van der Waals surface area contributed by atoms with Crippen molar-refractivity contribution < 1.29 is 62.1 Å². The third-order valence-electron chi connectivity index (χ3n) is 12.9. The highest BCUT2D eigenvalue weighted by atomic mass is 16.5. The molecule has 450 valence electrons. The lowest BCUT2D eigenvalue weighted by Gasteiger charge is -2.22. The van der Waals surface area contributed by atoms with Gasteiger partial charge in [0.2, 0.25) is 23.6 Å². The van der Waals surface area contributed by atoms with Crippen molar-refractivity contribution in [1.29, 1.82) is 0 Å². The third-order valence-corrected chi connectivity index (χ3v) is 12.9. The molecule has 0 aliphatic carbocycles. The van der Waals surface area contributed by atoms with Crippen molar-refractivity contribution >= 4 is 76.0 Å². The summed E-state index contributed by atoms with van der Waals surface area (Å²) in [6, 6.07) is 11.9. The molecule has 0 saturated heterocycles. The van der Waals surface area contributed by atoms with Crippen LogP contribution in [0.25, 0.3) is 0 Å². The molecule has 10 amide bonds. The van der Waals surface area contributed by atoms with Gasteiger partial charge in [0, 0.05) is 29.3 Å². The number of primary amides is 2. The van der Waals surface area contributed by atoms with Crippen LogP contribution in [0.4, 0.5) is 27.5 Å². The van der Waals surface area contributed by atoms with Crippen molar-refractivity contribution in [2.45, 2.75) is 94.8 Å². The lowest BCUT2D eigenvalue weighted by molar-refractivity contribution is -0.118. The van der Waals surface area contributed by atoms with Crippen LogP contribution in [0.2, 0.25) is 0 Å². The van der Waals surface area contributed by atoms with E-state index in [0.29, 0.717) is 64.6 Å². The van der Waals surface area contributed by atoms with Crippen molar-refractivity contribution in [2.24, 2.45) is 34.4 Å². The molecule has 0 radical (unpaired) electrons. The molecule has 0 spiro atoms. The topological polar surface area (TPSA) is 443 Å². The number of unbranched alkanes of at least 4 members (excludes halogenated alkanes) is 3. The molecule has 4 aromatic rings. The van der Waals surface area contributed by atoms with Gasteiger partial charge in [0.25, 0.3) is 23.6 Å². The van der Waals surface area contributed by atoms with Crippen LogP contribution in [0, 0.1) is 0 Å². The van der Waals surface area contributed by atoms with Crippen molar-refractivity contribution in [1.82, 2.24) is 21.3 Å². The van der Waals surface area contributed by atoms with Gasteiger partial charge in [-0.25, -0.2) is 4.79 Å². The van der Waals surface area contributed by atoms with E-state index in [1.54, 1.807) is 6.07 Å². The molecular weight excluding hydrogens is 1080 g/mol. The minimum absolute atomic E-state index is 0.0130. The molecule has 4 aromatic carbocycles. The maximum Gasteiger partial charge on any atom is 0.312 e. The monoisotopic (exact) mass is 1150 g/mol. The smallest absolute Gasteiger partial charge is 0.312 e. The molecule has 27 heteroatoms. The average Bonchev–Trinajstić information content (AvgIpc) is 3.56. The first-order chi connectivity index (χ1) is 39.8. The normalized spacial score (nSPS) is 12.2. The lowest BCUT2D eigenvalue weighted by atomic mass is 10.1. The minimum Gasteiger partial charge on any atom is -0.496 e. The van der Waals surface area contributed by atoms with E-state index in [1.165, 1.54) is 95.2 Å². The second-order valence-electron chi connectivity index (χ2n) is 19.0. The zero-order chi connectivity index (χ0) is 61.0. The number of hydrogen-bond donors (Lipinski definition) is 14. The van der Waals surface area contributed by atoms with Crippen molar-refractivity contribution in [3.05, 3.63) is 95.1 Å². The average molecular weight is 1160 g/mol. The Morgan fingerprint density at radius 3 is 1.02 bits per heavy atom. The number of hydrogen-bond acceptors (Lipinski definition) is 17. The quantitative estimate of drug-likeness (QED) is 0.0293. The van der Waals surface area contributed by atoms with Crippen LogP contribution < -0.4 is 95.9 Å². The molecule has 0 bridgehead atoms. The standard InChI is InChI=1S/C56H78N14O13/c1-80-44-20-16-32(28-36(44)48(61)71)65-53(76)41(13-6-9-25-58)68-50(73)38-31-35(19-23-46(38)82-3)67-55(78)43(15-11-27-63-56(62)79)70-51(74)39-30-34(18-22-47(39)83-4)66-54(77)42(14-7-10-26-59)69-49(72)37-29-33(17-21-45(37)81-2)64-52(75)40(60)12-5-8-24-57/h16-23,28-31,40-43H,5-15,24-27,57-60H2,1-4H3,(H2,61,71)(H,64,75)(H,65,76)(H,66,77)(H,67,78)(H,68,73)(H,69,72)(H,70,74)(H3,62,63,79)/t40-,41-,42-,43-/m0/s1. The molecule has 0 saturated carbocycles. The van der Waals surface area contributed by atoms with Gasteiger partial charge in [0.05, 0.1) is 56.7 Å². The predicted molar refractivity (Wildman–Crippen MR) is 312 cm³/mol. The van der Waals surface area contributed by atoms with Gasteiger partial charge in [-0.3, -0.25) is 38.4 Å². The first kappa shape index (κ1) is 66.5. The van der Waals surface area contributed by atoms with Crippen LogP contribution in [0.1, 0.15) is 112 Å². The van der Waals surface area contributed by atoms with Gasteiger partial charge in [0.15, 0.2) is 0 Å². The highest BCUT2D eigenvalue weighted by Gasteiger charge is 2.29. The van der Waals surface area contributed by atoms with Gasteiger partial charge in [-0.15, -0.1) is 0 Å². The summed E-state index contributed by atoms with van der Waals surface area (Å²) in [4.78, 5) is 121. The van der Waals surface area contributed by atoms with E-state index in [1.807, 2.05) is 0 Å². The highest BCUT2D eigenvalue weighted by molar-refractivity contribution is 6.07. The molecule has 0 unspecified atom stereocenters. The van der Waals surface area contributed by atoms with E-state index < -0.39 is 77.5 Å². The second-order valence-corrected chi connectivity index (χ2v) is 19.0. The second kappa shape index (κ2) is 34.3. The van der Waals surface area contributed by atoms with E-state index in [0.717, 1.165) is 0 Å².